The molecule has 0 fully saturated rings. The predicted octanol–water partition coefficient (Wildman–Crippen LogP) is 2.46. The molecule has 3 rings (SSSR count). The molecule has 0 unspecified atom stereocenters. The van der Waals surface area contributed by atoms with Crippen LogP contribution in [0.1, 0.15) is 21.6 Å². The number of amides is 1. The van der Waals surface area contributed by atoms with E-state index in [1.54, 1.807) is 0 Å². The maximum absolute atomic E-state index is 12.4. The number of aromatic nitrogens is 2. The second kappa shape index (κ2) is 7.32. The molecule has 0 saturated carbocycles. The molecular weight excluding hydrogens is 348 g/mol. The molecule has 0 radical (unpaired) electrons. The standard InChI is InChI=1S/C18H18N6OS/c1-10-4-3-5-12(8-10)20-18(26)24-23-17(25)16-15(19)13-9-11(2)6-7-14(13)21-22-16/h3-9H,1-2H3,(H2,19,21)(H,23,25)(H2,20,24,26). The number of anilines is 2. The molecule has 1 amide bonds. The quantitative estimate of drug-likeness (QED) is 0.408. The number of hydrogen-bond donors (Lipinski definition) is 4. The fourth-order valence-corrected chi connectivity index (χ4v) is 2.63. The van der Waals surface area contributed by atoms with Crippen LogP contribution in [0.15, 0.2) is 42.5 Å². The summed E-state index contributed by atoms with van der Waals surface area (Å²) in [6.07, 6.45) is 0. The van der Waals surface area contributed by atoms with Crippen LogP contribution in [0, 0.1) is 13.8 Å². The zero-order chi connectivity index (χ0) is 18.7. The minimum atomic E-state index is -0.521. The predicted molar refractivity (Wildman–Crippen MR) is 107 cm³/mol. The zero-order valence-corrected chi connectivity index (χ0v) is 15.1. The molecule has 0 bridgehead atoms. The molecule has 8 heteroatoms. The molecular formula is C18H18N6OS. The van der Waals surface area contributed by atoms with Gasteiger partial charge in [0.05, 0.1) is 11.2 Å². The number of hydrogen-bond acceptors (Lipinski definition) is 5. The summed E-state index contributed by atoms with van der Waals surface area (Å²) in [5.74, 6) is -0.521. The SMILES string of the molecule is Cc1cccc(NC(=S)NNC(=O)c2nnc3ccc(C)cc3c2N)c1. The third-order valence-electron chi connectivity index (χ3n) is 3.74. The van der Waals surface area contributed by atoms with Crippen molar-refractivity contribution in [1.82, 2.24) is 21.0 Å². The van der Waals surface area contributed by atoms with E-state index < -0.39 is 5.91 Å². The van der Waals surface area contributed by atoms with Crippen LogP contribution >= 0.6 is 12.2 Å². The van der Waals surface area contributed by atoms with Gasteiger partial charge in [0.1, 0.15) is 0 Å². The lowest BCUT2D eigenvalue weighted by Gasteiger charge is -2.12. The van der Waals surface area contributed by atoms with Crippen molar-refractivity contribution in [2.75, 3.05) is 11.1 Å². The number of nitrogens with two attached hydrogens (primary N) is 1. The first-order valence-corrected chi connectivity index (χ1v) is 8.31. The highest BCUT2D eigenvalue weighted by atomic mass is 32.1. The Kier molecular flexibility index (Phi) is 4.94. The summed E-state index contributed by atoms with van der Waals surface area (Å²) in [7, 11) is 0. The molecule has 0 aliphatic heterocycles. The normalized spacial score (nSPS) is 10.4. The van der Waals surface area contributed by atoms with E-state index in [0.717, 1.165) is 16.8 Å². The molecule has 0 aliphatic carbocycles. The Balaban J connectivity index is 1.69. The molecule has 132 valence electrons. The number of aryl methyl sites for hydroxylation is 2. The second-order valence-corrected chi connectivity index (χ2v) is 6.29. The number of benzene rings is 2. The Bertz CT molecular complexity index is 1000. The Labute approximate surface area is 156 Å². The number of hydrazine groups is 1. The number of carbonyl (C=O) groups is 1. The molecule has 26 heavy (non-hydrogen) atoms. The maximum atomic E-state index is 12.4. The van der Waals surface area contributed by atoms with E-state index in [1.165, 1.54) is 0 Å². The van der Waals surface area contributed by atoms with E-state index in [2.05, 4.69) is 26.4 Å². The van der Waals surface area contributed by atoms with Crippen LogP contribution in [0.3, 0.4) is 0 Å². The molecule has 0 aliphatic rings. The third-order valence-corrected chi connectivity index (χ3v) is 3.94. The van der Waals surface area contributed by atoms with Gasteiger partial charge in [-0.2, -0.15) is 0 Å². The molecule has 7 nitrogen and oxygen atoms in total. The summed E-state index contributed by atoms with van der Waals surface area (Å²) in [6.45, 7) is 3.92. The number of nitrogens with one attached hydrogen (secondary N) is 3. The van der Waals surface area contributed by atoms with Gasteiger partial charge in [0.15, 0.2) is 10.8 Å². The van der Waals surface area contributed by atoms with Gasteiger partial charge in [0.2, 0.25) is 0 Å². The number of nitrogens with zero attached hydrogens (tertiary/aromatic N) is 2. The van der Waals surface area contributed by atoms with Crippen LogP contribution in [0.4, 0.5) is 11.4 Å². The lowest BCUT2D eigenvalue weighted by molar-refractivity contribution is 0.0939. The number of rotatable bonds is 2. The summed E-state index contributed by atoms with van der Waals surface area (Å²) in [4.78, 5) is 12.4. The highest BCUT2D eigenvalue weighted by molar-refractivity contribution is 7.80. The topological polar surface area (TPSA) is 105 Å². The van der Waals surface area contributed by atoms with Gasteiger partial charge in [-0.05, 0) is 55.9 Å². The van der Waals surface area contributed by atoms with Crippen LogP contribution in [0.2, 0.25) is 0 Å². The van der Waals surface area contributed by atoms with Gasteiger partial charge >= 0.3 is 0 Å². The van der Waals surface area contributed by atoms with Crippen LogP contribution < -0.4 is 21.9 Å². The van der Waals surface area contributed by atoms with E-state index in [-0.39, 0.29) is 16.5 Å². The summed E-state index contributed by atoms with van der Waals surface area (Å²) in [5, 5.41) is 11.9. The second-order valence-electron chi connectivity index (χ2n) is 5.89. The maximum Gasteiger partial charge on any atom is 0.292 e. The third kappa shape index (κ3) is 3.86. The van der Waals surface area contributed by atoms with Crippen molar-refractivity contribution in [3.05, 3.63) is 59.3 Å². The van der Waals surface area contributed by atoms with Gasteiger partial charge in [-0.15, -0.1) is 10.2 Å². The number of fused-ring (bicyclic) bond motifs is 1. The fourth-order valence-electron chi connectivity index (χ4n) is 2.46. The van der Waals surface area contributed by atoms with Gasteiger partial charge in [-0.3, -0.25) is 15.6 Å². The van der Waals surface area contributed by atoms with Crippen molar-refractivity contribution in [2.24, 2.45) is 0 Å². The van der Waals surface area contributed by atoms with E-state index in [0.29, 0.717) is 10.9 Å². The Morgan fingerprint density at radius 3 is 2.58 bits per heavy atom. The van der Waals surface area contributed by atoms with Crippen molar-refractivity contribution in [2.45, 2.75) is 13.8 Å². The molecule has 3 aromatic rings. The number of thiocarbonyl (C=S) groups is 1. The molecule has 0 atom stereocenters. The smallest absolute Gasteiger partial charge is 0.292 e. The van der Waals surface area contributed by atoms with Crippen LogP contribution in [0.5, 0.6) is 0 Å². The van der Waals surface area contributed by atoms with Crippen molar-refractivity contribution in [3.63, 3.8) is 0 Å². The molecule has 5 N–H and O–H groups in total. The van der Waals surface area contributed by atoms with Gasteiger partial charge < -0.3 is 11.1 Å². The van der Waals surface area contributed by atoms with Crippen molar-refractivity contribution in [1.29, 1.82) is 0 Å². The fraction of sp³-hybridized carbons (Fsp3) is 0.111. The summed E-state index contributed by atoms with van der Waals surface area (Å²) < 4.78 is 0. The van der Waals surface area contributed by atoms with Gasteiger partial charge in [0, 0.05) is 11.1 Å². The van der Waals surface area contributed by atoms with Crippen LogP contribution in [-0.4, -0.2) is 21.2 Å². The van der Waals surface area contributed by atoms with Gasteiger partial charge in [-0.25, -0.2) is 0 Å². The number of nitrogen functional groups attached to an aromatic ring is 1. The molecule has 0 spiro atoms. The Morgan fingerprint density at radius 2 is 1.81 bits per heavy atom. The highest BCUT2D eigenvalue weighted by Gasteiger charge is 2.15. The highest BCUT2D eigenvalue weighted by Crippen LogP contribution is 2.22. The summed E-state index contributed by atoms with van der Waals surface area (Å²) in [6, 6.07) is 13.3. The van der Waals surface area contributed by atoms with Gasteiger partial charge in [0.25, 0.3) is 5.91 Å². The minimum absolute atomic E-state index is 0.0361. The van der Waals surface area contributed by atoms with Crippen molar-refractivity contribution < 1.29 is 4.79 Å². The molecule has 0 saturated heterocycles. The van der Waals surface area contributed by atoms with Crippen molar-refractivity contribution >= 4 is 45.5 Å². The van der Waals surface area contributed by atoms with E-state index in [4.69, 9.17) is 18.0 Å². The monoisotopic (exact) mass is 366 g/mol. The lowest BCUT2D eigenvalue weighted by atomic mass is 10.1. The first kappa shape index (κ1) is 17.6. The average Bonchev–Trinajstić information content (AvgIpc) is 2.60. The Hall–Kier alpha value is -3.26. The first-order valence-electron chi connectivity index (χ1n) is 7.90. The van der Waals surface area contributed by atoms with E-state index in [1.807, 2.05) is 56.3 Å². The van der Waals surface area contributed by atoms with Crippen molar-refractivity contribution in [3.8, 4) is 0 Å². The zero-order valence-electron chi connectivity index (χ0n) is 14.3. The largest absolute Gasteiger partial charge is 0.396 e. The van der Waals surface area contributed by atoms with Crippen LogP contribution in [0.25, 0.3) is 10.9 Å². The van der Waals surface area contributed by atoms with E-state index >= 15 is 0 Å². The lowest BCUT2D eigenvalue weighted by Crippen LogP contribution is -2.44. The molecule has 1 aromatic heterocycles. The average molecular weight is 366 g/mol. The number of carbonyl (C=O) groups excluding carboxylic acids is 1. The Morgan fingerprint density at radius 1 is 1.04 bits per heavy atom. The molecule has 1 heterocycles. The minimum Gasteiger partial charge on any atom is -0.396 e. The van der Waals surface area contributed by atoms with E-state index in [9.17, 15) is 4.79 Å². The van der Waals surface area contributed by atoms with Gasteiger partial charge in [-0.1, -0.05) is 23.8 Å². The summed E-state index contributed by atoms with van der Waals surface area (Å²) in [5.41, 5.74) is 15.1. The molecule has 2 aromatic carbocycles. The summed E-state index contributed by atoms with van der Waals surface area (Å²) >= 11 is 5.17. The van der Waals surface area contributed by atoms with Crippen LogP contribution in [-0.2, 0) is 0 Å². The first-order chi connectivity index (χ1) is 12.4.